The van der Waals surface area contributed by atoms with Gasteiger partial charge in [-0.25, -0.2) is 0 Å². The summed E-state index contributed by atoms with van der Waals surface area (Å²) in [6.45, 7) is 5.87. The molecule has 2 atom stereocenters. The molecule has 0 aliphatic heterocycles. The summed E-state index contributed by atoms with van der Waals surface area (Å²) in [6.07, 6.45) is 6.91. The number of aromatic nitrogens is 1. The lowest BCUT2D eigenvalue weighted by molar-refractivity contribution is 0.0931. The van der Waals surface area contributed by atoms with Crippen molar-refractivity contribution < 1.29 is 4.79 Å². The molecule has 0 bridgehead atoms. The van der Waals surface area contributed by atoms with Crippen molar-refractivity contribution >= 4 is 11.6 Å². The highest BCUT2D eigenvalue weighted by Crippen LogP contribution is 2.28. The molecule has 2 rings (SSSR count). The van der Waals surface area contributed by atoms with E-state index in [0.29, 0.717) is 17.3 Å². The zero-order valence-corrected chi connectivity index (χ0v) is 12.0. The fraction of sp³-hybridized carbons (Fsp3) is 0.667. The van der Waals surface area contributed by atoms with Gasteiger partial charge in [0.2, 0.25) is 0 Å². The number of carbonyl (C=O) groups excluding carboxylic acids is 1. The molecule has 0 saturated heterocycles. The number of nitrogens with one attached hydrogen (secondary N) is 1. The largest absolute Gasteiger partial charge is 0.397 e. The van der Waals surface area contributed by atoms with Crippen molar-refractivity contribution in [2.45, 2.75) is 46.1 Å². The van der Waals surface area contributed by atoms with Crippen molar-refractivity contribution in [1.29, 1.82) is 0 Å². The van der Waals surface area contributed by atoms with Gasteiger partial charge in [0, 0.05) is 19.3 Å². The maximum Gasteiger partial charge on any atom is 0.267 e. The van der Waals surface area contributed by atoms with Crippen LogP contribution in [0.3, 0.4) is 0 Å². The fourth-order valence-corrected chi connectivity index (χ4v) is 3.06. The van der Waals surface area contributed by atoms with E-state index >= 15 is 0 Å². The van der Waals surface area contributed by atoms with Crippen LogP contribution in [0.15, 0.2) is 12.3 Å². The zero-order chi connectivity index (χ0) is 13.8. The molecule has 4 heteroatoms. The lowest BCUT2D eigenvalue weighted by Crippen LogP contribution is -2.32. The van der Waals surface area contributed by atoms with Gasteiger partial charge in [0.25, 0.3) is 5.91 Å². The van der Waals surface area contributed by atoms with Crippen LogP contribution in [0.25, 0.3) is 0 Å². The second-order valence-corrected chi connectivity index (χ2v) is 5.79. The molecule has 19 heavy (non-hydrogen) atoms. The van der Waals surface area contributed by atoms with E-state index in [9.17, 15) is 4.79 Å². The summed E-state index contributed by atoms with van der Waals surface area (Å²) in [6, 6.07) is 1.75. The highest BCUT2D eigenvalue weighted by Gasteiger charge is 2.20. The molecule has 0 spiro atoms. The number of carbonyl (C=O) groups is 1. The molecule has 2 unspecified atom stereocenters. The number of hydrogen-bond acceptors (Lipinski definition) is 2. The van der Waals surface area contributed by atoms with Gasteiger partial charge >= 0.3 is 0 Å². The van der Waals surface area contributed by atoms with Crippen LogP contribution in [-0.2, 0) is 6.54 Å². The Balaban J connectivity index is 1.90. The number of hydrogen-bond donors (Lipinski definition) is 2. The lowest BCUT2D eigenvalue weighted by atomic mass is 9.82. The van der Waals surface area contributed by atoms with Crippen LogP contribution < -0.4 is 11.1 Å². The topological polar surface area (TPSA) is 60.0 Å². The van der Waals surface area contributed by atoms with E-state index in [2.05, 4.69) is 12.2 Å². The molecule has 106 valence electrons. The van der Waals surface area contributed by atoms with Gasteiger partial charge in [0.1, 0.15) is 5.69 Å². The van der Waals surface area contributed by atoms with Crippen molar-refractivity contribution in [2.75, 3.05) is 12.3 Å². The van der Waals surface area contributed by atoms with Crippen molar-refractivity contribution in [2.24, 2.45) is 11.8 Å². The Hall–Kier alpha value is -1.45. The van der Waals surface area contributed by atoms with Crippen LogP contribution in [0.5, 0.6) is 0 Å². The molecule has 1 amide bonds. The maximum absolute atomic E-state index is 12.2. The Bertz CT molecular complexity index is 439. The summed E-state index contributed by atoms with van der Waals surface area (Å²) in [5.74, 6) is 1.43. The van der Waals surface area contributed by atoms with Crippen molar-refractivity contribution in [1.82, 2.24) is 9.88 Å². The molecule has 0 aromatic carbocycles. The number of nitrogens with two attached hydrogens (primary N) is 1. The summed E-state index contributed by atoms with van der Waals surface area (Å²) in [5, 5.41) is 3.06. The van der Waals surface area contributed by atoms with E-state index in [4.69, 9.17) is 5.73 Å². The maximum atomic E-state index is 12.2. The van der Waals surface area contributed by atoms with Gasteiger partial charge in [-0.1, -0.05) is 19.8 Å². The lowest BCUT2D eigenvalue weighted by Gasteiger charge is -2.26. The average molecular weight is 263 g/mol. The van der Waals surface area contributed by atoms with Crippen LogP contribution in [0.4, 0.5) is 5.69 Å². The zero-order valence-electron chi connectivity index (χ0n) is 12.0. The van der Waals surface area contributed by atoms with E-state index in [1.165, 1.54) is 25.7 Å². The first kappa shape index (κ1) is 14.0. The van der Waals surface area contributed by atoms with Gasteiger partial charge in [0.05, 0.1) is 5.69 Å². The van der Waals surface area contributed by atoms with Gasteiger partial charge in [-0.2, -0.15) is 0 Å². The van der Waals surface area contributed by atoms with Gasteiger partial charge in [-0.15, -0.1) is 0 Å². The first-order valence-electron chi connectivity index (χ1n) is 7.34. The minimum atomic E-state index is -0.00298. The molecule has 1 fully saturated rings. The minimum absolute atomic E-state index is 0.00298. The second-order valence-electron chi connectivity index (χ2n) is 5.79. The molecular weight excluding hydrogens is 238 g/mol. The molecule has 1 aromatic heterocycles. The SMILES string of the molecule is CCn1cc(N)cc1C(=O)NCC1CCCC(C)C1. The highest BCUT2D eigenvalue weighted by atomic mass is 16.1. The predicted molar refractivity (Wildman–Crippen MR) is 78.0 cm³/mol. The molecular formula is C15H25N3O. The Labute approximate surface area is 115 Å². The smallest absolute Gasteiger partial charge is 0.267 e. The van der Waals surface area contributed by atoms with E-state index in [1.54, 1.807) is 6.07 Å². The van der Waals surface area contributed by atoms with E-state index in [0.717, 1.165) is 19.0 Å². The van der Waals surface area contributed by atoms with Gasteiger partial charge in [-0.05, 0) is 37.7 Å². The minimum Gasteiger partial charge on any atom is -0.397 e. The van der Waals surface area contributed by atoms with Crippen molar-refractivity contribution in [3.63, 3.8) is 0 Å². The summed E-state index contributed by atoms with van der Waals surface area (Å²) in [5.41, 5.74) is 7.07. The Kier molecular flexibility index (Phi) is 4.51. The predicted octanol–water partition coefficient (Wildman–Crippen LogP) is 2.65. The standard InChI is InChI=1S/C15H25N3O/c1-3-18-10-13(16)8-14(18)15(19)17-9-12-6-4-5-11(2)7-12/h8,10-12H,3-7,9,16H2,1-2H3,(H,17,19). The molecule has 1 aromatic rings. The number of rotatable bonds is 4. The Morgan fingerprint density at radius 3 is 3.00 bits per heavy atom. The monoisotopic (exact) mass is 263 g/mol. The molecule has 1 heterocycles. The molecule has 3 N–H and O–H groups in total. The number of nitrogens with zero attached hydrogens (tertiary/aromatic N) is 1. The average Bonchev–Trinajstić information content (AvgIpc) is 2.77. The number of aryl methyl sites for hydroxylation is 1. The van der Waals surface area contributed by atoms with Crippen LogP contribution >= 0.6 is 0 Å². The van der Waals surface area contributed by atoms with Crippen LogP contribution in [0.2, 0.25) is 0 Å². The van der Waals surface area contributed by atoms with Gasteiger partial charge in [-0.3, -0.25) is 4.79 Å². The van der Waals surface area contributed by atoms with Gasteiger partial charge in [0.15, 0.2) is 0 Å². The summed E-state index contributed by atoms with van der Waals surface area (Å²) in [7, 11) is 0. The summed E-state index contributed by atoms with van der Waals surface area (Å²) in [4.78, 5) is 12.2. The quantitative estimate of drug-likeness (QED) is 0.877. The fourth-order valence-electron chi connectivity index (χ4n) is 3.06. The van der Waals surface area contributed by atoms with E-state index < -0.39 is 0 Å². The van der Waals surface area contributed by atoms with Crippen LogP contribution in [-0.4, -0.2) is 17.0 Å². The van der Waals surface area contributed by atoms with E-state index in [-0.39, 0.29) is 5.91 Å². The Morgan fingerprint density at radius 1 is 1.53 bits per heavy atom. The third kappa shape index (κ3) is 3.52. The van der Waals surface area contributed by atoms with Crippen LogP contribution in [0.1, 0.15) is 50.0 Å². The van der Waals surface area contributed by atoms with Gasteiger partial charge < -0.3 is 15.6 Å². The van der Waals surface area contributed by atoms with Crippen molar-refractivity contribution in [3.05, 3.63) is 18.0 Å². The molecule has 1 saturated carbocycles. The normalized spacial score (nSPS) is 23.3. The first-order chi connectivity index (χ1) is 9.10. The van der Waals surface area contributed by atoms with Crippen molar-refractivity contribution in [3.8, 4) is 0 Å². The van der Waals surface area contributed by atoms with E-state index in [1.807, 2.05) is 17.7 Å². The third-order valence-corrected chi connectivity index (χ3v) is 4.09. The van der Waals surface area contributed by atoms with Crippen LogP contribution in [0, 0.1) is 11.8 Å². The molecule has 1 aliphatic carbocycles. The number of nitrogen functional groups attached to an aromatic ring is 1. The first-order valence-corrected chi connectivity index (χ1v) is 7.34. The second kappa shape index (κ2) is 6.13. The third-order valence-electron chi connectivity index (χ3n) is 4.09. The molecule has 4 nitrogen and oxygen atoms in total. The Morgan fingerprint density at radius 2 is 2.32 bits per heavy atom. The summed E-state index contributed by atoms with van der Waals surface area (Å²) < 4.78 is 1.90. The molecule has 1 aliphatic rings. The summed E-state index contributed by atoms with van der Waals surface area (Å²) >= 11 is 0. The molecule has 0 radical (unpaired) electrons. The highest BCUT2D eigenvalue weighted by molar-refractivity contribution is 5.93. The number of amides is 1. The number of anilines is 1.